The highest BCUT2D eigenvalue weighted by molar-refractivity contribution is 5.73. The van der Waals surface area contributed by atoms with E-state index < -0.39 is 0 Å². The van der Waals surface area contributed by atoms with Crippen LogP contribution < -0.4 is 20.4 Å². The summed E-state index contributed by atoms with van der Waals surface area (Å²) in [5.74, 6) is 1.07. The van der Waals surface area contributed by atoms with Crippen LogP contribution in [0.4, 0.5) is 17.2 Å². The van der Waals surface area contributed by atoms with Gasteiger partial charge in [0.15, 0.2) is 0 Å². The number of hydrogen-bond acceptors (Lipinski definition) is 7. The molecule has 2 saturated heterocycles. The Labute approximate surface area is 215 Å². The monoisotopic (exact) mass is 485 g/mol. The summed E-state index contributed by atoms with van der Waals surface area (Å²) in [4.78, 5) is 16.9. The second-order valence-electron chi connectivity index (χ2n) is 10.1. The fourth-order valence-electron chi connectivity index (χ4n) is 4.99. The van der Waals surface area contributed by atoms with Gasteiger partial charge in [-0.3, -0.25) is 0 Å². The van der Waals surface area contributed by atoms with Crippen LogP contribution in [0.15, 0.2) is 54.7 Å². The van der Waals surface area contributed by atoms with Crippen molar-refractivity contribution < 1.29 is 0 Å². The summed E-state index contributed by atoms with van der Waals surface area (Å²) in [7, 11) is 4.23. The van der Waals surface area contributed by atoms with Crippen LogP contribution >= 0.6 is 0 Å². The van der Waals surface area contributed by atoms with Crippen molar-refractivity contribution in [2.45, 2.75) is 19.3 Å². The molecule has 0 saturated carbocycles. The third-order valence-corrected chi connectivity index (χ3v) is 7.06. The average molecular weight is 486 g/mol. The lowest BCUT2D eigenvalue weighted by Crippen LogP contribution is -2.43. The van der Waals surface area contributed by atoms with Gasteiger partial charge < -0.3 is 25.3 Å². The van der Waals surface area contributed by atoms with Crippen LogP contribution in [-0.4, -0.2) is 81.3 Å². The maximum Gasteiger partial charge on any atom is 0.128 e. The Balaban J connectivity index is 1.39. The fraction of sp³-hybridized carbons (Fsp3) is 0.448. The lowest BCUT2D eigenvalue weighted by atomic mass is 10.1. The fourth-order valence-corrected chi connectivity index (χ4v) is 4.99. The molecule has 7 nitrogen and oxygen atoms in total. The number of nitrogens with one attached hydrogen (secondary N) is 2. The lowest BCUT2D eigenvalue weighted by Gasteiger charge is -2.29. The zero-order valence-corrected chi connectivity index (χ0v) is 21.7. The molecule has 2 N–H and O–H groups in total. The minimum atomic E-state index is 0.926. The van der Waals surface area contributed by atoms with E-state index in [1.54, 1.807) is 0 Å². The van der Waals surface area contributed by atoms with E-state index in [1.165, 1.54) is 18.5 Å². The Morgan fingerprint density at radius 2 is 1.56 bits per heavy atom. The smallest absolute Gasteiger partial charge is 0.128 e. The average Bonchev–Trinajstić information content (AvgIpc) is 3.47. The Hall–Kier alpha value is -3.16. The molecule has 7 heteroatoms. The van der Waals surface area contributed by atoms with Crippen molar-refractivity contribution in [3.8, 4) is 22.5 Å². The number of benzene rings is 1. The molecule has 5 rings (SSSR count). The minimum absolute atomic E-state index is 0.926. The van der Waals surface area contributed by atoms with Gasteiger partial charge in [0, 0.05) is 74.5 Å². The Kier molecular flexibility index (Phi) is 7.98. The number of hydrogen-bond donors (Lipinski definition) is 2. The molecule has 0 aliphatic carbocycles. The van der Waals surface area contributed by atoms with Crippen molar-refractivity contribution in [3.05, 3.63) is 54.7 Å². The molecule has 3 aromatic rings. The third kappa shape index (κ3) is 6.15. The second-order valence-corrected chi connectivity index (χ2v) is 10.1. The standard InChI is InChI=1S/C29H39N7/c1-34(2)15-5-12-31-25-20-27(23-6-9-26(10-7-23)35-18-13-30-14-19-35)33-28(21-25)24-8-11-29(32-22-24)36-16-3-4-17-36/h6-11,20-22,30H,3-5,12-19H2,1-2H3,(H,31,33). The van der Waals surface area contributed by atoms with Crippen LogP contribution in [0.2, 0.25) is 0 Å². The van der Waals surface area contributed by atoms with E-state index in [-0.39, 0.29) is 0 Å². The van der Waals surface area contributed by atoms with Crippen molar-refractivity contribution in [1.82, 2.24) is 20.2 Å². The van der Waals surface area contributed by atoms with Crippen LogP contribution in [0.5, 0.6) is 0 Å². The molecular weight excluding hydrogens is 446 g/mol. The molecule has 0 bridgehead atoms. The van der Waals surface area contributed by atoms with E-state index in [9.17, 15) is 0 Å². The van der Waals surface area contributed by atoms with Gasteiger partial charge in [-0.2, -0.15) is 0 Å². The number of nitrogens with zero attached hydrogens (tertiary/aromatic N) is 5. The van der Waals surface area contributed by atoms with Crippen molar-refractivity contribution in [1.29, 1.82) is 0 Å². The molecule has 2 aliphatic heterocycles. The Bertz CT molecular complexity index is 1100. The maximum absolute atomic E-state index is 5.07. The molecule has 0 atom stereocenters. The van der Waals surface area contributed by atoms with Crippen LogP contribution in [0.1, 0.15) is 19.3 Å². The summed E-state index contributed by atoms with van der Waals surface area (Å²) in [6.45, 7) is 8.37. The molecule has 190 valence electrons. The molecule has 2 aromatic heterocycles. The molecular formula is C29H39N7. The molecule has 0 spiro atoms. The van der Waals surface area contributed by atoms with E-state index >= 15 is 0 Å². The molecule has 0 amide bonds. The van der Waals surface area contributed by atoms with Gasteiger partial charge in [-0.05, 0) is 76.3 Å². The summed E-state index contributed by atoms with van der Waals surface area (Å²) < 4.78 is 0. The molecule has 1 aromatic carbocycles. The summed E-state index contributed by atoms with van der Waals surface area (Å²) >= 11 is 0. The SMILES string of the molecule is CN(C)CCCNc1cc(-c2ccc(N3CCNCC3)cc2)nc(-c2ccc(N3CCCC3)nc2)c1. The predicted octanol–water partition coefficient (Wildman–Crippen LogP) is 4.18. The Morgan fingerprint density at radius 1 is 0.861 bits per heavy atom. The van der Waals surface area contributed by atoms with Gasteiger partial charge in [0.1, 0.15) is 5.82 Å². The first-order chi connectivity index (χ1) is 17.7. The zero-order chi connectivity index (χ0) is 24.7. The lowest BCUT2D eigenvalue weighted by molar-refractivity contribution is 0.405. The van der Waals surface area contributed by atoms with Crippen molar-refractivity contribution >= 4 is 17.2 Å². The van der Waals surface area contributed by atoms with E-state index in [1.807, 2.05) is 6.20 Å². The molecule has 4 heterocycles. The van der Waals surface area contributed by atoms with Crippen LogP contribution in [0, 0.1) is 0 Å². The number of aromatic nitrogens is 2. The van der Waals surface area contributed by atoms with Gasteiger partial charge in [0.2, 0.25) is 0 Å². The van der Waals surface area contributed by atoms with Gasteiger partial charge in [-0.1, -0.05) is 12.1 Å². The van der Waals surface area contributed by atoms with Crippen molar-refractivity contribution in [2.75, 3.05) is 81.6 Å². The van der Waals surface area contributed by atoms with Crippen LogP contribution in [-0.2, 0) is 0 Å². The summed E-state index contributed by atoms with van der Waals surface area (Å²) in [5, 5.41) is 7.06. The maximum atomic E-state index is 5.07. The van der Waals surface area contributed by atoms with Gasteiger partial charge in [-0.25, -0.2) is 9.97 Å². The second kappa shape index (κ2) is 11.7. The highest BCUT2D eigenvalue weighted by Crippen LogP contribution is 2.29. The first-order valence-electron chi connectivity index (χ1n) is 13.3. The highest BCUT2D eigenvalue weighted by Gasteiger charge is 2.15. The van der Waals surface area contributed by atoms with Gasteiger partial charge in [0.25, 0.3) is 0 Å². The number of rotatable bonds is 9. The van der Waals surface area contributed by atoms with Crippen LogP contribution in [0.25, 0.3) is 22.5 Å². The van der Waals surface area contributed by atoms with E-state index in [0.717, 1.165) is 92.8 Å². The molecule has 2 aliphatic rings. The number of pyridine rings is 2. The normalized spacial score (nSPS) is 16.1. The minimum Gasteiger partial charge on any atom is -0.385 e. The first-order valence-corrected chi connectivity index (χ1v) is 13.3. The topological polar surface area (TPSA) is 59.6 Å². The summed E-state index contributed by atoms with van der Waals surface area (Å²) in [6, 6.07) is 17.5. The molecule has 0 radical (unpaired) electrons. The largest absolute Gasteiger partial charge is 0.385 e. The van der Waals surface area contributed by atoms with Crippen molar-refractivity contribution in [3.63, 3.8) is 0 Å². The Morgan fingerprint density at radius 3 is 2.22 bits per heavy atom. The van der Waals surface area contributed by atoms with Crippen LogP contribution in [0.3, 0.4) is 0 Å². The summed E-state index contributed by atoms with van der Waals surface area (Å²) in [6.07, 6.45) is 5.57. The predicted molar refractivity (Wildman–Crippen MR) is 151 cm³/mol. The number of anilines is 3. The highest BCUT2D eigenvalue weighted by atomic mass is 15.2. The van der Waals surface area contributed by atoms with E-state index in [2.05, 4.69) is 88.0 Å². The third-order valence-electron chi connectivity index (χ3n) is 7.06. The van der Waals surface area contributed by atoms with Gasteiger partial charge in [-0.15, -0.1) is 0 Å². The molecule has 36 heavy (non-hydrogen) atoms. The molecule has 2 fully saturated rings. The zero-order valence-electron chi connectivity index (χ0n) is 21.7. The van der Waals surface area contributed by atoms with E-state index in [0.29, 0.717) is 0 Å². The van der Waals surface area contributed by atoms with Gasteiger partial charge in [0.05, 0.1) is 11.4 Å². The summed E-state index contributed by atoms with van der Waals surface area (Å²) in [5.41, 5.74) is 6.50. The quantitative estimate of drug-likeness (QED) is 0.441. The van der Waals surface area contributed by atoms with Crippen molar-refractivity contribution in [2.24, 2.45) is 0 Å². The first kappa shape index (κ1) is 24.5. The van der Waals surface area contributed by atoms with Gasteiger partial charge >= 0.3 is 0 Å². The van der Waals surface area contributed by atoms with E-state index in [4.69, 9.17) is 9.97 Å². The molecule has 0 unspecified atom stereocenters. The number of piperazine rings is 1.